The van der Waals surface area contributed by atoms with Crippen LogP contribution in [0.3, 0.4) is 0 Å². The van der Waals surface area contributed by atoms with Crippen molar-refractivity contribution >= 4 is 35.1 Å². The Balaban J connectivity index is 1.51. The predicted octanol–water partition coefficient (Wildman–Crippen LogP) is 3.49. The third-order valence-electron chi connectivity index (χ3n) is 5.09. The molecule has 0 aliphatic carbocycles. The Morgan fingerprint density at radius 1 is 1.19 bits per heavy atom. The van der Waals surface area contributed by atoms with Crippen LogP contribution in [0.4, 0.5) is 23.7 Å². The number of fused-ring (bicyclic) bond motifs is 1. The normalized spacial score (nSPS) is 19.8. The average Bonchev–Trinajstić information content (AvgIpc) is 3.27. The zero-order chi connectivity index (χ0) is 23.3. The summed E-state index contributed by atoms with van der Waals surface area (Å²) in [5, 5.41) is 4.61. The summed E-state index contributed by atoms with van der Waals surface area (Å²) in [6.45, 7) is 0.768. The summed E-state index contributed by atoms with van der Waals surface area (Å²) in [4.78, 5) is 38.5. The van der Waals surface area contributed by atoms with E-state index in [1.54, 1.807) is 18.2 Å². The number of urea groups is 1. The van der Waals surface area contributed by atoms with Crippen LogP contribution in [-0.2, 0) is 21.3 Å². The monoisotopic (exact) mass is 469 g/mol. The van der Waals surface area contributed by atoms with Crippen molar-refractivity contribution in [2.45, 2.75) is 18.6 Å². The fraction of sp³-hybridized carbons (Fsp3) is 0.250. The number of carbonyl (C=O) groups excluding carboxylic acids is 3. The minimum absolute atomic E-state index is 0.0280. The second kappa shape index (κ2) is 7.59. The van der Waals surface area contributed by atoms with Crippen LogP contribution in [0.2, 0.25) is 5.02 Å². The van der Waals surface area contributed by atoms with Gasteiger partial charge in [-0.15, -0.1) is 0 Å². The molecule has 2 aliphatic rings. The summed E-state index contributed by atoms with van der Waals surface area (Å²) in [7, 11) is 0. The van der Waals surface area contributed by atoms with Gasteiger partial charge in [0.2, 0.25) is 12.7 Å². The molecule has 2 aromatic carbocycles. The van der Waals surface area contributed by atoms with Gasteiger partial charge < -0.3 is 20.1 Å². The van der Waals surface area contributed by atoms with Crippen LogP contribution in [0.15, 0.2) is 36.4 Å². The number of benzene rings is 2. The average molecular weight is 470 g/mol. The molecule has 2 N–H and O–H groups in total. The van der Waals surface area contributed by atoms with Gasteiger partial charge in [-0.2, -0.15) is 13.2 Å². The number of hydrogen-bond acceptors (Lipinski definition) is 5. The maximum absolute atomic E-state index is 13.0. The fourth-order valence-corrected chi connectivity index (χ4v) is 3.54. The van der Waals surface area contributed by atoms with E-state index in [1.807, 2.05) is 0 Å². The van der Waals surface area contributed by atoms with Gasteiger partial charge in [-0.05, 0) is 42.8 Å². The molecule has 1 fully saturated rings. The lowest BCUT2D eigenvalue weighted by atomic mass is 9.91. The zero-order valence-corrected chi connectivity index (χ0v) is 17.1. The van der Waals surface area contributed by atoms with Gasteiger partial charge in [0.25, 0.3) is 5.91 Å². The first kappa shape index (κ1) is 21.8. The van der Waals surface area contributed by atoms with E-state index in [4.69, 9.17) is 21.1 Å². The molecule has 1 atom stereocenters. The van der Waals surface area contributed by atoms with Gasteiger partial charge in [0, 0.05) is 0 Å². The van der Waals surface area contributed by atoms with E-state index in [-0.39, 0.29) is 17.5 Å². The van der Waals surface area contributed by atoms with Crippen molar-refractivity contribution in [2.24, 2.45) is 0 Å². The SMILES string of the molecule is CC1(c2ccc3c(c2)OCO3)NC(=O)N(CC(=O)Nc2cc(C(F)(F)F)ccc2Cl)C1=O. The van der Waals surface area contributed by atoms with Crippen LogP contribution in [0.5, 0.6) is 11.5 Å². The summed E-state index contributed by atoms with van der Waals surface area (Å²) in [6.07, 6.45) is -4.64. The van der Waals surface area contributed by atoms with Gasteiger partial charge in [-0.1, -0.05) is 17.7 Å². The molecule has 168 valence electrons. The maximum Gasteiger partial charge on any atom is 0.416 e. The zero-order valence-electron chi connectivity index (χ0n) is 16.4. The maximum atomic E-state index is 13.0. The van der Waals surface area contributed by atoms with Crippen molar-refractivity contribution in [1.82, 2.24) is 10.2 Å². The van der Waals surface area contributed by atoms with Crippen LogP contribution in [0.25, 0.3) is 0 Å². The Morgan fingerprint density at radius 3 is 2.62 bits per heavy atom. The third kappa shape index (κ3) is 3.79. The lowest BCUT2D eigenvalue weighted by Gasteiger charge is -2.22. The number of alkyl halides is 3. The summed E-state index contributed by atoms with van der Waals surface area (Å²) in [5.74, 6) is -0.721. The lowest BCUT2D eigenvalue weighted by molar-refractivity contribution is -0.137. The molecule has 32 heavy (non-hydrogen) atoms. The fourth-order valence-electron chi connectivity index (χ4n) is 3.37. The number of anilines is 1. The smallest absolute Gasteiger partial charge is 0.416 e. The van der Waals surface area contributed by atoms with Gasteiger partial charge in [-0.3, -0.25) is 14.5 Å². The van der Waals surface area contributed by atoms with Gasteiger partial charge in [0.05, 0.1) is 16.3 Å². The van der Waals surface area contributed by atoms with E-state index in [0.717, 1.165) is 12.1 Å². The third-order valence-corrected chi connectivity index (χ3v) is 5.42. The molecule has 1 saturated heterocycles. The number of carbonyl (C=O) groups is 3. The number of rotatable bonds is 4. The molecular weight excluding hydrogens is 455 g/mol. The van der Waals surface area contributed by atoms with E-state index < -0.39 is 41.7 Å². The molecule has 2 heterocycles. The van der Waals surface area contributed by atoms with Crippen LogP contribution in [-0.4, -0.2) is 36.1 Å². The number of hydrogen-bond donors (Lipinski definition) is 2. The Kier molecular flexibility index (Phi) is 5.16. The van der Waals surface area contributed by atoms with Gasteiger partial charge in [0.1, 0.15) is 12.1 Å². The Labute approximate surface area is 184 Å². The summed E-state index contributed by atoms with van der Waals surface area (Å²) in [6, 6.07) is 6.32. The van der Waals surface area contributed by atoms with Crippen LogP contribution < -0.4 is 20.1 Å². The van der Waals surface area contributed by atoms with Crippen LogP contribution >= 0.6 is 11.6 Å². The van der Waals surface area contributed by atoms with E-state index in [1.165, 1.54) is 6.92 Å². The molecule has 1 unspecified atom stereocenters. The van der Waals surface area contributed by atoms with E-state index in [2.05, 4.69) is 10.6 Å². The van der Waals surface area contributed by atoms with Gasteiger partial charge >= 0.3 is 12.2 Å². The Bertz CT molecular complexity index is 1140. The summed E-state index contributed by atoms with van der Waals surface area (Å²) >= 11 is 5.87. The number of nitrogens with one attached hydrogen (secondary N) is 2. The molecule has 0 aromatic heterocycles. The lowest BCUT2D eigenvalue weighted by Crippen LogP contribution is -2.42. The molecule has 12 heteroatoms. The Morgan fingerprint density at radius 2 is 1.91 bits per heavy atom. The highest BCUT2D eigenvalue weighted by molar-refractivity contribution is 6.33. The topological polar surface area (TPSA) is 97.0 Å². The molecule has 2 aliphatic heterocycles. The van der Waals surface area contributed by atoms with E-state index >= 15 is 0 Å². The van der Waals surface area contributed by atoms with Gasteiger partial charge in [-0.25, -0.2) is 4.79 Å². The predicted molar refractivity (Wildman–Crippen MR) is 105 cm³/mol. The molecule has 0 radical (unpaired) electrons. The van der Waals surface area contributed by atoms with Crippen molar-refractivity contribution in [3.05, 3.63) is 52.5 Å². The molecule has 0 spiro atoms. The van der Waals surface area contributed by atoms with E-state index in [0.29, 0.717) is 28.0 Å². The largest absolute Gasteiger partial charge is 0.454 e. The molecule has 8 nitrogen and oxygen atoms in total. The summed E-state index contributed by atoms with van der Waals surface area (Å²) in [5.41, 5.74) is -2.38. The first-order valence-electron chi connectivity index (χ1n) is 9.20. The summed E-state index contributed by atoms with van der Waals surface area (Å²) < 4.78 is 49.3. The van der Waals surface area contributed by atoms with Gasteiger partial charge in [0.15, 0.2) is 11.5 Å². The van der Waals surface area contributed by atoms with E-state index in [9.17, 15) is 27.6 Å². The quantitative estimate of drug-likeness (QED) is 0.668. The van der Waals surface area contributed by atoms with Crippen molar-refractivity contribution in [3.8, 4) is 11.5 Å². The Hall–Kier alpha value is -3.47. The molecular formula is C20H15ClF3N3O5. The van der Waals surface area contributed by atoms with Crippen LogP contribution in [0.1, 0.15) is 18.1 Å². The number of ether oxygens (including phenoxy) is 2. The highest BCUT2D eigenvalue weighted by atomic mass is 35.5. The highest BCUT2D eigenvalue weighted by Gasteiger charge is 2.50. The second-order valence-electron chi connectivity index (χ2n) is 7.26. The molecule has 4 amide bonds. The van der Waals surface area contributed by atoms with Crippen molar-refractivity contribution in [1.29, 1.82) is 0 Å². The number of imide groups is 1. The molecule has 2 aromatic rings. The standard InChI is InChI=1S/C20H15ClF3N3O5/c1-19(10-3-5-14-15(7-10)32-9-31-14)17(29)27(18(30)26-19)8-16(28)25-13-6-11(20(22,23)24)2-4-12(13)21/h2-7H,8-9H2,1H3,(H,25,28)(H,26,30). The molecule has 4 rings (SSSR count). The van der Waals surface area contributed by atoms with Crippen molar-refractivity contribution in [2.75, 3.05) is 18.7 Å². The first-order chi connectivity index (χ1) is 15.0. The minimum Gasteiger partial charge on any atom is -0.454 e. The number of amides is 4. The highest BCUT2D eigenvalue weighted by Crippen LogP contribution is 2.38. The molecule has 0 saturated carbocycles. The minimum atomic E-state index is -4.64. The number of nitrogens with zero attached hydrogens (tertiary/aromatic N) is 1. The van der Waals surface area contributed by atoms with Crippen molar-refractivity contribution in [3.63, 3.8) is 0 Å². The first-order valence-corrected chi connectivity index (χ1v) is 9.57. The number of halogens is 4. The second-order valence-corrected chi connectivity index (χ2v) is 7.66. The van der Waals surface area contributed by atoms with Crippen LogP contribution in [0, 0.1) is 0 Å². The van der Waals surface area contributed by atoms with Crippen molar-refractivity contribution < 1.29 is 37.0 Å². The molecule has 0 bridgehead atoms.